The van der Waals surface area contributed by atoms with E-state index in [1.54, 1.807) is 0 Å². The van der Waals surface area contributed by atoms with Gasteiger partial charge in [0.2, 0.25) is 5.91 Å². The molecule has 1 amide bonds. The molecule has 2 heterocycles. The van der Waals surface area contributed by atoms with Gasteiger partial charge in [0, 0.05) is 19.8 Å². The molecule has 1 N–H and O–H groups in total. The summed E-state index contributed by atoms with van der Waals surface area (Å²) in [5.41, 5.74) is -0.140. The number of nitrogens with one attached hydrogen (secondary N) is 1. The zero-order valence-electron chi connectivity index (χ0n) is 12.3. The van der Waals surface area contributed by atoms with Gasteiger partial charge < -0.3 is 9.64 Å². The smallest absolute Gasteiger partial charge is 0.244 e. The molecule has 112 valence electrons. The number of ether oxygens (including phenoxy) is 1. The summed E-state index contributed by atoms with van der Waals surface area (Å²) in [7, 11) is 0. The summed E-state index contributed by atoms with van der Waals surface area (Å²) >= 11 is 0. The average molecular weight is 278 g/mol. The zero-order chi connectivity index (χ0) is 13.6. The number of amides is 1. The highest BCUT2D eigenvalue weighted by atomic mass is 16.5. The number of hydrogen-bond donors (Lipinski definition) is 1. The topological polar surface area (TPSA) is 41.6 Å². The summed E-state index contributed by atoms with van der Waals surface area (Å²) < 4.78 is 5.45. The fraction of sp³-hybridized carbons (Fsp3) is 0.938. The van der Waals surface area contributed by atoms with Crippen molar-refractivity contribution in [2.45, 2.75) is 63.1 Å². The SMILES string of the molecule is O=C1N(CC2CCOCC2)C(C2CCCC2)NC12CC2. The van der Waals surface area contributed by atoms with Crippen molar-refractivity contribution < 1.29 is 9.53 Å². The van der Waals surface area contributed by atoms with Gasteiger partial charge in [0.25, 0.3) is 0 Å². The van der Waals surface area contributed by atoms with E-state index in [0.717, 1.165) is 45.4 Å². The molecule has 1 spiro atoms. The lowest BCUT2D eigenvalue weighted by atomic mass is 9.97. The second-order valence-corrected chi connectivity index (χ2v) is 7.23. The predicted octanol–water partition coefficient (Wildman–Crippen LogP) is 1.89. The minimum atomic E-state index is -0.140. The van der Waals surface area contributed by atoms with Gasteiger partial charge >= 0.3 is 0 Å². The van der Waals surface area contributed by atoms with E-state index in [4.69, 9.17) is 4.74 Å². The van der Waals surface area contributed by atoms with E-state index in [1.165, 1.54) is 25.7 Å². The number of rotatable bonds is 3. The van der Waals surface area contributed by atoms with Crippen molar-refractivity contribution in [1.29, 1.82) is 0 Å². The van der Waals surface area contributed by atoms with Gasteiger partial charge in [-0.25, -0.2) is 0 Å². The van der Waals surface area contributed by atoms with Crippen LogP contribution in [0.1, 0.15) is 51.4 Å². The lowest BCUT2D eigenvalue weighted by Gasteiger charge is -2.33. The van der Waals surface area contributed by atoms with E-state index >= 15 is 0 Å². The second kappa shape index (κ2) is 4.99. The Labute approximate surface area is 121 Å². The quantitative estimate of drug-likeness (QED) is 0.857. The molecule has 1 atom stereocenters. The monoisotopic (exact) mass is 278 g/mol. The van der Waals surface area contributed by atoms with Gasteiger partial charge in [-0.1, -0.05) is 12.8 Å². The van der Waals surface area contributed by atoms with E-state index in [0.29, 0.717) is 23.9 Å². The lowest BCUT2D eigenvalue weighted by Crippen LogP contribution is -2.45. The molecule has 4 aliphatic rings. The van der Waals surface area contributed by atoms with Crippen LogP contribution in [0.15, 0.2) is 0 Å². The first kappa shape index (κ1) is 13.1. The first-order valence-corrected chi connectivity index (χ1v) is 8.45. The molecule has 4 nitrogen and oxygen atoms in total. The second-order valence-electron chi connectivity index (χ2n) is 7.23. The van der Waals surface area contributed by atoms with Crippen molar-refractivity contribution in [3.05, 3.63) is 0 Å². The van der Waals surface area contributed by atoms with Crippen LogP contribution in [0.25, 0.3) is 0 Å². The summed E-state index contributed by atoms with van der Waals surface area (Å²) in [4.78, 5) is 15.0. The third kappa shape index (κ3) is 2.17. The Bertz CT molecular complexity index is 382. The van der Waals surface area contributed by atoms with E-state index in [9.17, 15) is 4.79 Å². The lowest BCUT2D eigenvalue weighted by molar-refractivity contribution is -0.132. The molecule has 0 aromatic rings. The molecule has 4 heteroatoms. The van der Waals surface area contributed by atoms with Crippen molar-refractivity contribution in [3.63, 3.8) is 0 Å². The van der Waals surface area contributed by atoms with E-state index in [-0.39, 0.29) is 5.54 Å². The van der Waals surface area contributed by atoms with Crippen LogP contribution in [-0.4, -0.2) is 42.3 Å². The fourth-order valence-electron chi connectivity index (χ4n) is 4.36. The minimum Gasteiger partial charge on any atom is -0.381 e. The van der Waals surface area contributed by atoms with Crippen molar-refractivity contribution in [2.75, 3.05) is 19.8 Å². The average Bonchev–Trinajstić information content (AvgIpc) is 2.96. The fourth-order valence-corrected chi connectivity index (χ4v) is 4.36. The highest BCUT2D eigenvalue weighted by Gasteiger charge is 2.60. The highest BCUT2D eigenvalue weighted by molar-refractivity contribution is 5.91. The molecule has 1 unspecified atom stereocenters. The molecule has 4 rings (SSSR count). The Kier molecular flexibility index (Phi) is 3.26. The van der Waals surface area contributed by atoms with Gasteiger partial charge in [0.05, 0.1) is 11.7 Å². The number of carbonyl (C=O) groups excluding carboxylic acids is 1. The molecule has 0 aromatic carbocycles. The van der Waals surface area contributed by atoms with Crippen LogP contribution in [-0.2, 0) is 9.53 Å². The first-order chi connectivity index (χ1) is 9.78. The van der Waals surface area contributed by atoms with Crippen LogP contribution in [0, 0.1) is 11.8 Å². The van der Waals surface area contributed by atoms with Gasteiger partial charge in [-0.15, -0.1) is 0 Å². The summed E-state index contributed by atoms with van der Waals surface area (Å²) in [5.74, 6) is 1.74. The van der Waals surface area contributed by atoms with Crippen LogP contribution in [0.4, 0.5) is 0 Å². The van der Waals surface area contributed by atoms with Crippen molar-refractivity contribution in [2.24, 2.45) is 11.8 Å². The summed E-state index contributed by atoms with van der Waals surface area (Å²) in [5, 5.41) is 3.72. The number of carbonyl (C=O) groups is 1. The maximum Gasteiger partial charge on any atom is 0.244 e. The van der Waals surface area contributed by atoms with Crippen LogP contribution in [0.3, 0.4) is 0 Å². The number of nitrogens with zero attached hydrogens (tertiary/aromatic N) is 1. The molecule has 20 heavy (non-hydrogen) atoms. The molecular weight excluding hydrogens is 252 g/mol. The zero-order valence-corrected chi connectivity index (χ0v) is 12.3. The maximum atomic E-state index is 12.8. The standard InChI is InChI=1S/C16H26N2O2/c19-15-16(7-8-16)17-14(13-3-1-2-4-13)18(15)11-12-5-9-20-10-6-12/h12-14,17H,1-11H2. The Morgan fingerprint density at radius 1 is 1.15 bits per heavy atom. The Morgan fingerprint density at radius 2 is 1.85 bits per heavy atom. The molecule has 4 fully saturated rings. The van der Waals surface area contributed by atoms with Gasteiger partial charge in [0.1, 0.15) is 0 Å². The van der Waals surface area contributed by atoms with Crippen molar-refractivity contribution in [3.8, 4) is 0 Å². The van der Waals surface area contributed by atoms with Crippen LogP contribution < -0.4 is 5.32 Å². The molecular formula is C16H26N2O2. The Hall–Kier alpha value is -0.610. The van der Waals surface area contributed by atoms with E-state index in [1.807, 2.05) is 0 Å². The Morgan fingerprint density at radius 3 is 2.50 bits per heavy atom. The van der Waals surface area contributed by atoms with Crippen molar-refractivity contribution >= 4 is 5.91 Å². The van der Waals surface area contributed by atoms with Gasteiger partial charge in [0.15, 0.2) is 0 Å². The number of hydrogen-bond acceptors (Lipinski definition) is 3. The largest absolute Gasteiger partial charge is 0.381 e. The first-order valence-electron chi connectivity index (χ1n) is 8.45. The summed E-state index contributed by atoms with van der Waals surface area (Å²) in [6.07, 6.45) is 9.96. The molecule has 0 radical (unpaired) electrons. The molecule has 2 saturated carbocycles. The molecule has 0 bridgehead atoms. The predicted molar refractivity (Wildman–Crippen MR) is 76.1 cm³/mol. The summed E-state index contributed by atoms with van der Waals surface area (Å²) in [6, 6.07) is 0. The molecule has 0 aromatic heterocycles. The third-order valence-electron chi connectivity index (χ3n) is 5.82. The van der Waals surface area contributed by atoms with Crippen LogP contribution in [0.5, 0.6) is 0 Å². The normalized spacial score (nSPS) is 34.3. The van der Waals surface area contributed by atoms with Crippen LogP contribution >= 0.6 is 0 Å². The molecule has 2 aliphatic heterocycles. The van der Waals surface area contributed by atoms with E-state index < -0.39 is 0 Å². The maximum absolute atomic E-state index is 12.8. The van der Waals surface area contributed by atoms with E-state index in [2.05, 4.69) is 10.2 Å². The summed E-state index contributed by atoms with van der Waals surface area (Å²) in [6.45, 7) is 2.71. The minimum absolute atomic E-state index is 0.140. The molecule has 2 aliphatic carbocycles. The third-order valence-corrected chi connectivity index (χ3v) is 5.82. The van der Waals surface area contributed by atoms with Gasteiger partial charge in [-0.05, 0) is 50.4 Å². The molecule has 2 saturated heterocycles. The Balaban J connectivity index is 1.49. The van der Waals surface area contributed by atoms with Crippen molar-refractivity contribution in [1.82, 2.24) is 10.2 Å². The highest BCUT2D eigenvalue weighted by Crippen LogP contribution is 2.45. The van der Waals surface area contributed by atoms with Gasteiger partial charge in [-0.3, -0.25) is 10.1 Å². The van der Waals surface area contributed by atoms with Crippen LogP contribution in [0.2, 0.25) is 0 Å². The van der Waals surface area contributed by atoms with Gasteiger partial charge in [-0.2, -0.15) is 0 Å².